The monoisotopic (exact) mass is 571 g/mol. The first-order valence-corrected chi connectivity index (χ1v) is 15.1. The van der Waals surface area contributed by atoms with Crippen molar-refractivity contribution in [2.24, 2.45) is 0 Å². The molecule has 1 unspecified atom stereocenters. The lowest BCUT2D eigenvalue weighted by Crippen LogP contribution is -2.53. The highest BCUT2D eigenvalue weighted by Gasteiger charge is 2.45. The Kier molecular flexibility index (Phi) is 5.95. The van der Waals surface area contributed by atoms with Crippen LogP contribution < -0.4 is 19.7 Å². The second-order valence-electron chi connectivity index (χ2n) is 12.0. The fourth-order valence-electron chi connectivity index (χ4n) is 7.64. The summed E-state index contributed by atoms with van der Waals surface area (Å²) in [4.78, 5) is 14.9. The molecule has 0 radical (unpaired) electrons. The van der Waals surface area contributed by atoms with Gasteiger partial charge in [-0.2, -0.15) is 9.97 Å². The van der Waals surface area contributed by atoms with Crippen molar-refractivity contribution in [3.63, 3.8) is 0 Å². The third-order valence-corrected chi connectivity index (χ3v) is 10.0. The highest BCUT2D eigenvalue weighted by Crippen LogP contribution is 2.48. The molecule has 0 saturated carbocycles. The highest BCUT2D eigenvalue weighted by molar-refractivity contribution is 6.37. The first-order chi connectivity index (χ1) is 20.0. The van der Waals surface area contributed by atoms with Crippen molar-refractivity contribution in [1.82, 2.24) is 20.2 Å². The van der Waals surface area contributed by atoms with Crippen molar-refractivity contribution in [3.8, 4) is 28.6 Å². The summed E-state index contributed by atoms with van der Waals surface area (Å²) in [6.07, 6.45) is 4.76. The van der Waals surface area contributed by atoms with Gasteiger partial charge in [-0.1, -0.05) is 29.8 Å². The number of hydrogen-bond donors (Lipinski definition) is 2. The molecule has 3 saturated heterocycles. The average molecular weight is 572 g/mol. The van der Waals surface area contributed by atoms with Crippen molar-refractivity contribution < 1.29 is 14.6 Å². The van der Waals surface area contributed by atoms with Gasteiger partial charge in [-0.3, -0.25) is 4.90 Å². The number of anilines is 1. The summed E-state index contributed by atoms with van der Waals surface area (Å²) >= 11 is 7.22. The molecule has 0 spiro atoms. The van der Waals surface area contributed by atoms with Gasteiger partial charge in [-0.25, -0.2) is 0 Å². The van der Waals surface area contributed by atoms with E-state index in [1.54, 1.807) is 12.1 Å². The summed E-state index contributed by atoms with van der Waals surface area (Å²) in [5.74, 6) is 1.60. The second-order valence-corrected chi connectivity index (χ2v) is 12.4. The maximum atomic E-state index is 10.7. The molecule has 1 aromatic heterocycles. The van der Waals surface area contributed by atoms with Crippen LogP contribution in [0, 0.1) is 6.92 Å². The van der Waals surface area contributed by atoms with Gasteiger partial charge >= 0.3 is 6.01 Å². The van der Waals surface area contributed by atoms with E-state index in [0.717, 1.165) is 89.7 Å². The normalized spacial score (nSPS) is 21.5. The van der Waals surface area contributed by atoms with Gasteiger partial charge < -0.3 is 24.8 Å². The van der Waals surface area contributed by atoms with E-state index in [1.165, 1.54) is 12.8 Å². The van der Waals surface area contributed by atoms with E-state index >= 15 is 0 Å². The van der Waals surface area contributed by atoms with Crippen LogP contribution in [0.4, 0.5) is 5.82 Å². The Balaban J connectivity index is 1.32. The molecule has 41 heavy (non-hydrogen) atoms. The highest BCUT2D eigenvalue weighted by atomic mass is 35.5. The van der Waals surface area contributed by atoms with Crippen LogP contribution in [0.5, 0.6) is 17.5 Å². The average Bonchev–Trinajstić information content (AvgIpc) is 3.50. The largest absolute Gasteiger partial charge is 0.508 e. The van der Waals surface area contributed by atoms with Gasteiger partial charge in [-0.15, -0.1) is 0 Å². The van der Waals surface area contributed by atoms with E-state index in [4.69, 9.17) is 31.0 Å². The number of aromatic nitrogens is 2. The summed E-state index contributed by atoms with van der Waals surface area (Å²) in [5, 5.41) is 17.5. The molecule has 212 valence electrons. The predicted molar refractivity (Wildman–Crippen MR) is 162 cm³/mol. The Labute approximate surface area is 244 Å². The Morgan fingerprint density at radius 2 is 1.95 bits per heavy atom. The van der Waals surface area contributed by atoms with Crippen LogP contribution in [-0.2, 0) is 0 Å². The Bertz CT molecular complexity index is 1680. The molecular weight excluding hydrogens is 538 g/mol. The summed E-state index contributed by atoms with van der Waals surface area (Å²) in [6.45, 7) is 7.94. The van der Waals surface area contributed by atoms with Gasteiger partial charge in [0, 0.05) is 25.2 Å². The second kappa shape index (κ2) is 9.61. The maximum absolute atomic E-state index is 10.7. The Morgan fingerprint density at radius 3 is 2.80 bits per heavy atom. The zero-order valence-electron chi connectivity index (χ0n) is 23.3. The molecule has 0 bridgehead atoms. The van der Waals surface area contributed by atoms with E-state index in [1.807, 2.05) is 18.2 Å². The van der Waals surface area contributed by atoms with Gasteiger partial charge in [0.2, 0.25) is 0 Å². The van der Waals surface area contributed by atoms with Crippen LogP contribution in [-0.4, -0.2) is 77.5 Å². The first kappa shape index (κ1) is 25.4. The van der Waals surface area contributed by atoms with Crippen LogP contribution in [0.15, 0.2) is 36.4 Å². The number of nitrogens with zero attached hydrogens (tertiary/aromatic N) is 4. The van der Waals surface area contributed by atoms with Gasteiger partial charge in [0.05, 0.1) is 27.5 Å². The molecule has 0 amide bonds. The predicted octanol–water partition coefficient (Wildman–Crippen LogP) is 5.30. The van der Waals surface area contributed by atoms with E-state index in [2.05, 4.69) is 28.1 Å². The molecule has 2 N–H and O–H groups in total. The summed E-state index contributed by atoms with van der Waals surface area (Å²) in [7, 11) is 0. The molecule has 5 heterocycles. The number of aromatic hydroxyl groups is 1. The van der Waals surface area contributed by atoms with Gasteiger partial charge in [-0.05, 0) is 85.8 Å². The third-order valence-electron chi connectivity index (χ3n) is 9.62. The Morgan fingerprint density at radius 1 is 1.10 bits per heavy atom. The number of halogens is 1. The van der Waals surface area contributed by atoms with Crippen molar-refractivity contribution in [3.05, 3.63) is 47.0 Å². The summed E-state index contributed by atoms with van der Waals surface area (Å²) < 4.78 is 13.0. The maximum Gasteiger partial charge on any atom is 0.319 e. The molecule has 4 aliphatic rings. The lowest BCUT2D eigenvalue weighted by molar-refractivity contribution is 0.108. The van der Waals surface area contributed by atoms with E-state index in [0.29, 0.717) is 30.0 Å². The molecule has 8 rings (SSSR count). The van der Waals surface area contributed by atoms with Crippen molar-refractivity contribution in [2.45, 2.75) is 44.2 Å². The fraction of sp³-hybridized carbons (Fsp3) is 0.438. The number of phenolic OH excluding ortho intramolecular Hbond substituents is 1. The summed E-state index contributed by atoms with van der Waals surface area (Å²) in [6, 6.07) is 12.2. The minimum Gasteiger partial charge on any atom is -0.508 e. The fourth-order valence-corrected chi connectivity index (χ4v) is 7.95. The molecular formula is C32H34ClN5O3. The van der Waals surface area contributed by atoms with Crippen LogP contribution in [0.25, 0.3) is 32.8 Å². The van der Waals surface area contributed by atoms with Gasteiger partial charge in [0.15, 0.2) is 5.75 Å². The molecule has 9 heteroatoms. The van der Waals surface area contributed by atoms with E-state index in [-0.39, 0.29) is 17.3 Å². The molecule has 4 aromatic rings. The minimum atomic E-state index is 0.0987. The number of fused-ring (bicyclic) bond motifs is 4. The van der Waals surface area contributed by atoms with Crippen LogP contribution >= 0.6 is 11.6 Å². The van der Waals surface area contributed by atoms with Gasteiger partial charge in [0.1, 0.15) is 24.8 Å². The molecule has 0 aliphatic carbocycles. The zero-order valence-corrected chi connectivity index (χ0v) is 24.0. The van der Waals surface area contributed by atoms with E-state index in [9.17, 15) is 5.11 Å². The zero-order chi connectivity index (χ0) is 27.7. The van der Waals surface area contributed by atoms with Crippen LogP contribution in [0.2, 0.25) is 5.02 Å². The van der Waals surface area contributed by atoms with E-state index < -0.39 is 0 Å². The topological polar surface area (TPSA) is 83.0 Å². The molecule has 8 nitrogen and oxygen atoms in total. The molecule has 3 aromatic carbocycles. The lowest BCUT2D eigenvalue weighted by Gasteiger charge is -2.35. The van der Waals surface area contributed by atoms with Crippen molar-refractivity contribution in [2.75, 3.05) is 50.8 Å². The number of aryl methyl sites for hydroxylation is 1. The summed E-state index contributed by atoms with van der Waals surface area (Å²) in [5.41, 5.74) is 3.56. The quantitative estimate of drug-likeness (QED) is 0.342. The number of phenols is 1. The van der Waals surface area contributed by atoms with Crippen LogP contribution in [0.1, 0.15) is 31.2 Å². The number of hydrogen-bond acceptors (Lipinski definition) is 8. The van der Waals surface area contributed by atoms with Crippen molar-refractivity contribution in [1.29, 1.82) is 0 Å². The first-order valence-electron chi connectivity index (χ1n) is 14.8. The number of nitrogens with one attached hydrogen (secondary N) is 1. The Hall–Kier alpha value is -3.33. The smallest absolute Gasteiger partial charge is 0.319 e. The standard InChI is InChI=1S/C32H34ClN5O3/c1-19-5-2-6-20-13-22(39)14-23(26(19)20)24-15-25-27-29(28(24)33)40-17-21-16-34-9-12-38(21)30(27)36-31(35-25)41-18-32-7-3-10-37(32)11-4-8-32/h2,5-6,13-15,21,34,39H,3-4,7-12,16-18H2,1H3. The lowest BCUT2D eigenvalue weighted by atomic mass is 9.93. The number of piperazine rings is 1. The molecule has 1 atom stereocenters. The number of benzene rings is 3. The SMILES string of the molecule is Cc1cccc2cc(O)cc(-c3cc4nc(OCC56CCCN5CCC6)nc5c4c(c3Cl)OCC3CNCCN53)c12. The molecule has 3 fully saturated rings. The minimum absolute atomic E-state index is 0.0987. The number of rotatable bonds is 4. The van der Waals surface area contributed by atoms with Crippen molar-refractivity contribution >= 4 is 39.1 Å². The molecule has 4 aliphatic heterocycles. The number of ether oxygens (including phenoxy) is 2. The van der Waals surface area contributed by atoms with Crippen LogP contribution in [0.3, 0.4) is 0 Å². The third kappa shape index (κ3) is 4.02. The van der Waals surface area contributed by atoms with Gasteiger partial charge in [0.25, 0.3) is 0 Å².